The average Bonchev–Trinajstić information content (AvgIpc) is 2.69. The topological polar surface area (TPSA) is 74.8 Å². The van der Waals surface area contributed by atoms with Gasteiger partial charge in [0.25, 0.3) is 0 Å². The lowest BCUT2D eigenvalue weighted by atomic mass is 10.1. The van der Waals surface area contributed by atoms with Crippen molar-refractivity contribution in [3.63, 3.8) is 0 Å². The van der Waals surface area contributed by atoms with Crippen LogP contribution in [0.25, 0.3) is 0 Å². The summed E-state index contributed by atoms with van der Waals surface area (Å²) in [6, 6.07) is 14.1. The number of rotatable bonds is 8. The van der Waals surface area contributed by atoms with Gasteiger partial charge >= 0.3 is 6.61 Å². The van der Waals surface area contributed by atoms with E-state index in [0.29, 0.717) is 11.5 Å². The Morgan fingerprint density at radius 1 is 1.14 bits per heavy atom. The number of hydrogen-bond donors (Lipinski definition) is 3. The molecule has 8 heteroatoms. The van der Waals surface area contributed by atoms with Crippen molar-refractivity contribution in [2.45, 2.75) is 26.5 Å². The Kier molecular flexibility index (Phi) is 8.20. The second kappa shape index (κ2) is 10.9. The van der Waals surface area contributed by atoms with Gasteiger partial charge in [-0.05, 0) is 30.2 Å². The lowest BCUT2D eigenvalue weighted by molar-refractivity contribution is -0.115. The van der Waals surface area contributed by atoms with Crippen LogP contribution in [0.15, 0.2) is 53.5 Å². The molecular formula is C20H24F2N4O2. The molecule has 2 aromatic rings. The molecule has 0 spiro atoms. The van der Waals surface area contributed by atoms with Crippen LogP contribution in [-0.4, -0.2) is 32.1 Å². The van der Waals surface area contributed by atoms with E-state index in [9.17, 15) is 13.6 Å². The monoisotopic (exact) mass is 390 g/mol. The van der Waals surface area contributed by atoms with Gasteiger partial charge in [-0.15, -0.1) is 0 Å². The summed E-state index contributed by atoms with van der Waals surface area (Å²) in [4.78, 5) is 16.1. The molecule has 150 valence electrons. The van der Waals surface area contributed by atoms with Gasteiger partial charge in [-0.1, -0.05) is 37.3 Å². The fourth-order valence-electron chi connectivity index (χ4n) is 2.50. The fourth-order valence-corrected chi connectivity index (χ4v) is 2.50. The molecule has 0 saturated carbocycles. The molecule has 0 fully saturated rings. The van der Waals surface area contributed by atoms with E-state index in [0.717, 1.165) is 17.7 Å². The molecule has 0 saturated heterocycles. The van der Waals surface area contributed by atoms with E-state index < -0.39 is 6.61 Å². The predicted octanol–water partition coefficient (Wildman–Crippen LogP) is 3.15. The van der Waals surface area contributed by atoms with Crippen molar-refractivity contribution >= 4 is 17.6 Å². The minimum absolute atomic E-state index is 0.00517. The van der Waals surface area contributed by atoms with Crippen molar-refractivity contribution in [2.24, 2.45) is 4.99 Å². The maximum Gasteiger partial charge on any atom is 0.387 e. The Morgan fingerprint density at radius 3 is 2.64 bits per heavy atom. The van der Waals surface area contributed by atoms with Gasteiger partial charge in [0, 0.05) is 24.8 Å². The number of ether oxygens (including phenoxy) is 1. The zero-order valence-corrected chi connectivity index (χ0v) is 15.8. The number of amides is 1. The number of benzene rings is 2. The van der Waals surface area contributed by atoms with Gasteiger partial charge in [0.05, 0.1) is 6.54 Å². The van der Waals surface area contributed by atoms with Crippen molar-refractivity contribution in [3.8, 4) is 5.75 Å². The molecule has 2 rings (SSSR count). The molecule has 0 aliphatic heterocycles. The highest BCUT2D eigenvalue weighted by atomic mass is 19.3. The first-order chi connectivity index (χ1) is 13.5. The largest absolute Gasteiger partial charge is 0.434 e. The smallest absolute Gasteiger partial charge is 0.387 e. The van der Waals surface area contributed by atoms with Crippen LogP contribution in [0.3, 0.4) is 0 Å². The third-order valence-electron chi connectivity index (χ3n) is 3.89. The van der Waals surface area contributed by atoms with Gasteiger partial charge < -0.3 is 20.7 Å². The molecular weight excluding hydrogens is 366 g/mol. The summed E-state index contributed by atoms with van der Waals surface area (Å²) < 4.78 is 29.5. The van der Waals surface area contributed by atoms with Crippen LogP contribution in [0.1, 0.15) is 18.1 Å². The molecule has 3 N–H and O–H groups in total. The Balaban J connectivity index is 1.85. The third kappa shape index (κ3) is 6.86. The number of hydrogen-bond acceptors (Lipinski definition) is 3. The van der Waals surface area contributed by atoms with E-state index >= 15 is 0 Å². The zero-order valence-electron chi connectivity index (χ0n) is 15.8. The number of carbonyl (C=O) groups is 1. The molecule has 1 amide bonds. The maximum absolute atomic E-state index is 12.5. The fraction of sp³-hybridized carbons (Fsp3) is 0.300. The second-order valence-corrected chi connectivity index (χ2v) is 5.87. The summed E-state index contributed by atoms with van der Waals surface area (Å²) in [5.74, 6) is 0.232. The Morgan fingerprint density at radius 2 is 1.93 bits per heavy atom. The summed E-state index contributed by atoms with van der Waals surface area (Å²) in [5, 5.41) is 8.67. The molecule has 0 aliphatic rings. The van der Waals surface area contributed by atoms with E-state index in [-0.39, 0.29) is 24.7 Å². The van der Waals surface area contributed by atoms with E-state index in [4.69, 9.17) is 0 Å². The SMILES string of the molecule is CCc1cccc(NC(=O)CNC(=NC)NCc2ccccc2OC(F)F)c1. The zero-order chi connectivity index (χ0) is 20.4. The van der Waals surface area contributed by atoms with Gasteiger partial charge in [-0.25, -0.2) is 0 Å². The van der Waals surface area contributed by atoms with Crippen molar-refractivity contribution in [1.29, 1.82) is 0 Å². The number of aliphatic imine (C=N–C) groups is 1. The number of anilines is 1. The Bertz CT molecular complexity index is 812. The van der Waals surface area contributed by atoms with E-state index in [2.05, 4.69) is 25.7 Å². The highest BCUT2D eigenvalue weighted by Crippen LogP contribution is 2.19. The van der Waals surface area contributed by atoms with Crippen LogP contribution in [0, 0.1) is 0 Å². The lowest BCUT2D eigenvalue weighted by Crippen LogP contribution is -2.41. The molecule has 2 aromatic carbocycles. The van der Waals surface area contributed by atoms with Crippen molar-refractivity contribution in [2.75, 3.05) is 18.9 Å². The van der Waals surface area contributed by atoms with Crippen LogP contribution < -0.4 is 20.7 Å². The minimum Gasteiger partial charge on any atom is -0.434 e. The van der Waals surface area contributed by atoms with Crippen molar-refractivity contribution in [1.82, 2.24) is 10.6 Å². The minimum atomic E-state index is -2.89. The van der Waals surface area contributed by atoms with Gasteiger partial charge in [-0.2, -0.15) is 8.78 Å². The Labute approximate surface area is 163 Å². The highest BCUT2D eigenvalue weighted by Gasteiger charge is 2.10. The Hall–Kier alpha value is -3.16. The number of guanidine groups is 1. The van der Waals surface area contributed by atoms with Crippen LogP contribution in [0.2, 0.25) is 0 Å². The number of alkyl halides is 2. The molecule has 28 heavy (non-hydrogen) atoms. The first kappa shape index (κ1) is 21.1. The third-order valence-corrected chi connectivity index (χ3v) is 3.89. The molecule has 0 heterocycles. The van der Waals surface area contributed by atoms with Crippen LogP contribution >= 0.6 is 0 Å². The van der Waals surface area contributed by atoms with Crippen LogP contribution in [0.5, 0.6) is 5.75 Å². The van der Waals surface area contributed by atoms with Crippen LogP contribution in [0.4, 0.5) is 14.5 Å². The summed E-state index contributed by atoms with van der Waals surface area (Å²) in [7, 11) is 1.56. The molecule has 0 unspecified atom stereocenters. The second-order valence-electron chi connectivity index (χ2n) is 5.87. The number of nitrogens with zero attached hydrogens (tertiary/aromatic N) is 1. The van der Waals surface area contributed by atoms with Crippen molar-refractivity contribution in [3.05, 3.63) is 59.7 Å². The number of para-hydroxylation sites is 1. The molecule has 0 aliphatic carbocycles. The van der Waals surface area contributed by atoms with Crippen LogP contribution in [-0.2, 0) is 17.8 Å². The normalized spacial score (nSPS) is 11.2. The molecule has 0 bridgehead atoms. The number of aryl methyl sites for hydroxylation is 1. The summed E-state index contributed by atoms with van der Waals surface area (Å²) in [6.45, 7) is -0.634. The average molecular weight is 390 g/mol. The molecule has 0 atom stereocenters. The first-order valence-corrected chi connectivity index (χ1v) is 8.87. The van der Waals surface area contributed by atoms with E-state index in [1.54, 1.807) is 25.2 Å². The molecule has 0 aromatic heterocycles. The van der Waals surface area contributed by atoms with Gasteiger partial charge in [0.15, 0.2) is 5.96 Å². The van der Waals surface area contributed by atoms with Crippen molar-refractivity contribution < 1.29 is 18.3 Å². The number of nitrogens with one attached hydrogen (secondary N) is 3. The summed E-state index contributed by atoms with van der Waals surface area (Å²) in [5.41, 5.74) is 2.41. The maximum atomic E-state index is 12.5. The molecule has 6 nitrogen and oxygen atoms in total. The molecule has 0 radical (unpaired) electrons. The van der Waals surface area contributed by atoms with Gasteiger partial charge in [-0.3, -0.25) is 9.79 Å². The van der Waals surface area contributed by atoms with Gasteiger partial charge in [0.1, 0.15) is 5.75 Å². The lowest BCUT2D eigenvalue weighted by Gasteiger charge is -2.14. The number of halogens is 2. The predicted molar refractivity (Wildman–Crippen MR) is 106 cm³/mol. The summed E-state index contributed by atoms with van der Waals surface area (Å²) >= 11 is 0. The van der Waals surface area contributed by atoms with E-state index in [1.165, 1.54) is 6.07 Å². The summed E-state index contributed by atoms with van der Waals surface area (Å²) in [6.07, 6.45) is 0.884. The first-order valence-electron chi connectivity index (χ1n) is 8.87. The number of carbonyl (C=O) groups excluding carboxylic acids is 1. The van der Waals surface area contributed by atoms with Gasteiger partial charge in [0.2, 0.25) is 5.91 Å². The standard InChI is InChI=1S/C20H24F2N4O2/c1-3-14-7-6-9-16(11-14)26-18(27)13-25-20(23-2)24-12-15-8-4-5-10-17(15)28-19(21)22/h4-11,19H,3,12-13H2,1-2H3,(H,26,27)(H2,23,24,25). The highest BCUT2D eigenvalue weighted by molar-refractivity contribution is 5.95. The van der Waals surface area contributed by atoms with E-state index in [1.807, 2.05) is 31.2 Å². The quantitative estimate of drug-likeness (QED) is 0.478.